The first kappa shape index (κ1) is 25.9. The van der Waals surface area contributed by atoms with Crippen LogP contribution in [-0.4, -0.2) is 41.2 Å². The molecule has 0 aliphatic carbocycles. The van der Waals surface area contributed by atoms with Crippen molar-refractivity contribution in [1.82, 2.24) is 5.32 Å². The topological polar surface area (TPSA) is 120 Å². The number of anilines is 1. The van der Waals surface area contributed by atoms with E-state index < -0.39 is 35.3 Å². The number of alkyl carbamates (subject to hydrolysis) is 1. The van der Waals surface area contributed by atoms with Crippen molar-refractivity contribution in [2.45, 2.75) is 78.6 Å². The number of carbonyl (C=O) groups excluding carboxylic acids is 4. The summed E-state index contributed by atoms with van der Waals surface area (Å²) < 4.78 is 15.8. The van der Waals surface area contributed by atoms with E-state index in [9.17, 15) is 19.2 Å². The minimum atomic E-state index is -1.08. The van der Waals surface area contributed by atoms with E-state index in [1.165, 1.54) is 19.1 Å². The van der Waals surface area contributed by atoms with Crippen LogP contribution in [0.1, 0.15) is 61.3 Å². The van der Waals surface area contributed by atoms with Gasteiger partial charge in [0.1, 0.15) is 23.0 Å². The van der Waals surface area contributed by atoms with Gasteiger partial charge in [0.2, 0.25) is 5.91 Å². The Bertz CT molecular complexity index is 790. The standard InChI is InChI=1S/C22H32N2O7/c1-14(25)23-15-8-10-16(11-9-15)29-18(26)13-12-17(19(27)30-21(2,3)4)24-20(28)31-22(5,6)7/h8-11,17H,12-13H2,1-7H3,(H,23,25)(H,24,28). The molecule has 9 heteroatoms. The van der Waals surface area contributed by atoms with Crippen LogP contribution in [0.25, 0.3) is 0 Å². The molecule has 0 saturated carbocycles. The Morgan fingerprint density at radius 2 is 1.45 bits per heavy atom. The van der Waals surface area contributed by atoms with E-state index in [1.807, 2.05) is 0 Å². The number of esters is 2. The number of benzene rings is 1. The fourth-order valence-corrected chi connectivity index (χ4v) is 2.33. The number of hydrogen-bond acceptors (Lipinski definition) is 7. The molecule has 0 radical (unpaired) electrons. The first-order chi connectivity index (χ1) is 14.1. The first-order valence-corrected chi connectivity index (χ1v) is 9.95. The second kappa shape index (κ2) is 10.8. The Kier molecular flexibility index (Phi) is 9.02. The zero-order valence-corrected chi connectivity index (χ0v) is 19.2. The molecule has 172 valence electrons. The molecule has 0 aliphatic heterocycles. The fraction of sp³-hybridized carbons (Fsp3) is 0.545. The Morgan fingerprint density at radius 1 is 0.903 bits per heavy atom. The second-order valence-electron chi connectivity index (χ2n) is 8.95. The van der Waals surface area contributed by atoms with Crippen LogP contribution in [0.3, 0.4) is 0 Å². The summed E-state index contributed by atoms with van der Waals surface area (Å²) in [5.74, 6) is -1.19. The van der Waals surface area contributed by atoms with Gasteiger partial charge in [-0.2, -0.15) is 0 Å². The normalized spacial score (nSPS) is 12.4. The van der Waals surface area contributed by atoms with Crippen molar-refractivity contribution in [3.8, 4) is 5.75 Å². The van der Waals surface area contributed by atoms with E-state index in [4.69, 9.17) is 14.2 Å². The van der Waals surface area contributed by atoms with E-state index in [1.54, 1.807) is 53.7 Å². The number of nitrogens with one attached hydrogen (secondary N) is 2. The molecule has 0 bridgehead atoms. The molecule has 1 aromatic carbocycles. The van der Waals surface area contributed by atoms with Crippen molar-refractivity contribution in [1.29, 1.82) is 0 Å². The third-order valence-electron chi connectivity index (χ3n) is 3.43. The van der Waals surface area contributed by atoms with Crippen LogP contribution >= 0.6 is 0 Å². The third-order valence-corrected chi connectivity index (χ3v) is 3.43. The molecule has 0 saturated heterocycles. The van der Waals surface area contributed by atoms with E-state index in [2.05, 4.69) is 10.6 Å². The zero-order chi connectivity index (χ0) is 23.8. The first-order valence-electron chi connectivity index (χ1n) is 9.95. The van der Waals surface area contributed by atoms with Gasteiger partial charge in [0.25, 0.3) is 0 Å². The summed E-state index contributed by atoms with van der Waals surface area (Å²) in [5, 5.41) is 5.06. The lowest BCUT2D eigenvalue weighted by Gasteiger charge is -2.26. The number of rotatable bonds is 7. The fourth-order valence-electron chi connectivity index (χ4n) is 2.33. The van der Waals surface area contributed by atoms with Gasteiger partial charge in [0, 0.05) is 19.0 Å². The summed E-state index contributed by atoms with van der Waals surface area (Å²) in [6.07, 6.45) is -0.963. The molecule has 2 amide bonds. The monoisotopic (exact) mass is 436 g/mol. The highest BCUT2D eigenvalue weighted by Crippen LogP contribution is 2.17. The van der Waals surface area contributed by atoms with E-state index in [0.717, 1.165) is 0 Å². The number of hydrogen-bond donors (Lipinski definition) is 2. The Labute approximate surface area is 182 Å². The molecule has 31 heavy (non-hydrogen) atoms. The molecule has 9 nitrogen and oxygen atoms in total. The third kappa shape index (κ3) is 11.6. The summed E-state index contributed by atoms with van der Waals surface area (Å²) in [6, 6.07) is 5.18. The molecule has 0 fully saturated rings. The molecule has 1 rings (SSSR count). The average molecular weight is 437 g/mol. The lowest BCUT2D eigenvalue weighted by Crippen LogP contribution is -2.46. The van der Waals surface area contributed by atoms with Gasteiger partial charge in [-0.15, -0.1) is 0 Å². The van der Waals surface area contributed by atoms with Crippen molar-refractivity contribution >= 4 is 29.6 Å². The van der Waals surface area contributed by atoms with Gasteiger partial charge in [-0.3, -0.25) is 9.59 Å². The Hall–Kier alpha value is -3.10. The van der Waals surface area contributed by atoms with Crippen LogP contribution in [0.15, 0.2) is 24.3 Å². The Morgan fingerprint density at radius 3 is 1.94 bits per heavy atom. The quantitative estimate of drug-likeness (QED) is 0.495. The summed E-state index contributed by atoms with van der Waals surface area (Å²) in [7, 11) is 0. The van der Waals surface area contributed by atoms with Crippen LogP contribution in [0.4, 0.5) is 10.5 Å². The predicted molar refractivity (Wildman–Crippen MR) is 115 cm³/mol. The van der Waals surface area contributed by atoms with Gasteiger partial charge in [-0.1, -0.05) is 0 Å². The van der Waals surface area contributed by atoms with Crippen molar-refractivity contribution in [3.63, 3.8) is 0 Å². The van der Waals surface area contributed by atoms with Crippen molar-refractivity contribution in [2.24, 2.45) is 0 Å². The molecule has 0 aromatic heterocycles. The van der Waals surface area contributed by atoms with Crippen molar-refractivity contribution in [2.75, 3.05) is 5.32 Å². The molecule has 0 spiro atoms. The summed E-state index contributed by atoms with van der Waals surface area (Å²) in [5.41, 5.74) is -0.940. The van der Waals surface area contributed by atoms with Gasteiger partial charge in [-0.25, -0.2) is 9.59 Å². The van der Waals surface area contributed by atoms with Gasteiger partial charge < -0.3 is 24.8 Å². The molecule has 0 aliphatic rings. The van der Waals surface area contributed by atoms with E-state index >= 15 is 0 Å². The van der Waals surface area contributed by atoms with Gasteiger partial charge in [0.05, 0.1) is 0 Å². The van der Waals surface area contributed by atoms with Crippen LogP contribution in [0, 0.1) is 0 Å². The molecular weight excluding hydrogens is 404 g/mol. The van der Waals surface area contributed by atoms with Gasteiger partial charge in [0.15, 0.2) is 0 Å². The molecule has 0 heterocycles. The van der Waals surface area contributed by atoms with Crippen molar-refractivity contribution in [3.05, 3.63) is 24.3 Å². The lowest BCUT2D eigenvalue weighted by molar-refractivity contribution is -0.157. The molecule has 1 atom stereocenters. The highest BCUT2D eigenvalue weighted by Gasteiger charge is 2.29. The van der Waals surface area contributed by atoms with Crippen LogP contribution in [0.5, 0.6) is 5.75 Å². The number of amides is 2. The maximum Gasteiger partial charge on any atom is 0.408 e. The summed E-state index contributed by atoms with van der Waals surface area (Å²) in [6.45, 7) is 11.6. The number of ether oxygens (including phenoxy) is 3. The summed E-state index contributed by atoms with van der Waals surface area (Å²) in [4.78, 5) is 47.8. The molecular formula is C22H32N2O7. The van der Waals surface area contributed by atoms with E-state index in [-0.39, 0.29) is 24.5 Å². The SMILES string of the molecule is CC(=O)Nc1ccc(OC(=O)CCC(NC(=O)OC(C)(C)C)C(=O)OC(C)(C)C)cc1. The zero-order valence-electron chi connectivity index (χ0n) is 19.2. The van der Waals surface area contributed by atoms with E-state index in [0.29, 0.717) is 5.69 Å². The van der Waals surface area contributed by atoms with Crippen LogP contribution in [0.2, 0.25) is 0 Å². The highest BCUT2D eigenvalue weighted by atomic mass is 16.6. The molecule has 2 N–H and O–H groups in total. The highest BCUT2D eigenvalue weighted by molar-refractivity contribution is 5.88. The van der Waals surface area contributed by atoms with Crippen molar-refractivity contribution < 1.29 is 33.4 Å². The predicted octanol–water partition coefficient (Wildman–Crippen LogP) is 3.57. The van der Waals surface area contributed by atoms with Gasteiger partial charge >= 0.3 is 18.0 Å². The smallest absolute Gasteiger partial charge is 0.408 e. The minimum Gasteiger partial charge on any atom is -0.458 e. The Balaban J connectivity index is 2.72. The maximum absolute atomic E-state index is 12.5. The molecule has 1 unspecified atom stereocenters. The van der Waals surface area contributed by atoms with Gasteiger partial charge in [-0.05, 0) is 72.2 Å². The van der Waals surface area contributed by atoms with Crippen LogP contribution in [-0.2, 0) is 23.9 Å². The lowest BCUT2D eigenvalue weighted by atomic mass is 10.1. The average Bonchev–Trinajstić information content (AvgIpc) is 2.56. The maximum atomic E-state index is 12.5. The summed E-state index contributed by atoms with van der Waals surface area (Å²) >= 11 is 0. The van der Waals surface area contributed by atoms with Crippen LogP contribution < -0.4 is 15.4 Å². The second-order valence-corrected chi connectivity index (χ2v) is 8.95. The number of carbonyl (C=O) groups is 4. The molecule has 1 aromatic rings. The largest absolute Gasteiger partial charge is 0.458 e. The minimum absolute atomic E-state index is 0.0308.